The van der Waals surface area contributed by atoms with Crippen molar-refractivity contribution in [3.8, 4) is 0 Å². The van der Waals surface area contributed by atoms with Crippen LogP contribution in [-0.2, 0) is 16.6 Å². The summed E-state index contributed by atoms with van der Waals surface area (Å²) in [6, 6.07) is 3.25. The fourth-order valence-corrected chi connectivity index (χ4v) is 3.08. The molecule has 2 rings (SSSR count). The molecule has 1 aliphatic carbocycles. The summed E-state index contributed by atoms with van der Waals surface area (Å²) in [6.45, 7) is 3.69. The minimum absolute atomic E-state index is 0.225. The van der Waals surface area contributed by atoms with Gasteiger partial charge in [-0.25, -0.2) is 4.39 Å². The summed E-state index contributed by atoms with van der Waals surface area (Å²) in [6.07, 6.45) is 3.79. The summed E-state index contributed by atoms with van der Waals surface area (Å²) >= 11 is 0. The zero-order valence-corrected chi connectivity index (χ0v) is 10.9. The Balaban J connectivity index is 2.58. The molecule has 0 aliphatic heterocycles. The number of halogens is 1. The van der Waals surface area contributed by atoms with Crippen LogP contribution in [0.1, 0.15) is 49.3 Å². The topological polar surface area (TPSA) is 37.3 Å². The molecule has 1 N–H and O–H groups in total. The van der Waals surface area contributed by atoms with Crippen molar-refractivity contribution in [1.29, 1.82) is 0 Å². The van der Waals surface area contributed by atoms with Crippen molar-refractivity contribution in [3.63, 3.8) is 0 Å². The van der Waals surface area contributed by atoms with E-state index in [1.165, 1.54) is 6.07 Å². The molecule has 1 aromatic rings. The van der Waals surface area contributed by atoms with Crippen molar-refractivity contribution in [2.75, 3.05) is 0 Å². The molecule has 0 radical (unpaired) electrons. The molecule has 0 unspecified atom stereocenters. The standard InChI is InChI=1S/C15H19FO2/c1-3-11-9-12(10(2)8-13(11)16)15(14(17)18)6-4-5-7-15/h8-9H,3-7H2,1-2H3,(H,17,18). The van der Waals surface area contributed by atoms with Crippen LogP contribution in [0.25, 0.3) is 0 Å². The van der Waals surface area contributed by atoms with E-state index in [2.05, 4.69) is 0 Å². The van der Waals surface area contributed by atoms with Gasteiger partial charge in [-0.1, -0.05) is 25.8 Å². The van der Waals surface area contributed by atoms with Gasteiger partial charge in [0.25, 0.3) is 0 Å². The average Bonchev–Trinajstić information content (AvgIpc) is 2.79. The van der Waals surface area contributed by atoms with Crippen LogP contribution in [0.3, 0.4) is 0 Å². The average molecular weight is 250 g/mol. The molecule has 0 bridgehead atoms. The lowest BCUT2D eigenvalue weighted by Crippen LogP contribution is -2.33. The SMILES string of the molecule is CCc1cc(C2(C(=O)O)CCCC2)c(C)cc1F. The van der Waals surface area contributed by atoms with Crippen LogP contribution in [0.15, 0.2) is 12.1 Å². The first-order chi connectivity index (χ1) is 8.51. The van der Waals surface area contributed by atoms with Crippen LogP contribution < -0.4 is 0 Å². The molecule has 98 valence electrons. The first kappa shape index (κ1) is 13.1. The van der Waals surface area contributed by atoms with Crippen molar-refractivity contribution in [2.24, 2.45) is 0 Å². The van der Waals surface area contributed by atoms with Crippen LogP contribution in [0.5, 0.6) is 0 Å². The van der Waals surface area contributed by atoms with E-state index in [1.807, 2.05) is 6.92 Å². The van der Waals surface area contributed by atoms with E-state index >= 15 is 0 Å². The van der Waals surface area contributed by atoms with Crippen LogP contribution in [0, 0.1) is 12.7 Å². The zero-order valence-electron chi connectivity index (χ0n) is 10.9. The van der Waals surface area contributed by atoms with Crippen molar-refractivity contribution in [1.82, 2.24) is 0 Å². The molecule has 0 saturated heterocycles. The van der Waals surface area contributed by atoms with Gasteiger partial charge in [0.2, 0.25) is 0 Å². The summed E-state index contributed by atoms with van der Waals surface area (Å²) in [4.78, 5) is 11.7. The highest BCUT2D eigenvalue weighted by Gasteiger charge is 2.44. The van der Waals surface area contributed by atoms with Gasteiger partial charge >= 0.3 is 5.97 Å². The van der Waals surface area contributed by atoms with Gasteiger partial charge in [0.1, 0.15) is 5.82 Å². The minimum Gasteiger partial charge on any atom is -0.481 e. The predicted octanol–water partition coefficient (Wildman–Crippen LogP) is 3.59. The molecule has 0 atom stereocenters. The predicted molar refractivity (Wildman–Crippen MR) is 68.3 cm³/mol. The second-order valence-corrected chi connectivity index (χ2v) is 5.21. The lowest BCUT2D eigenvalue weighted by Gasteiger charge is -2.27. The number of aliphatic carboxylic acids is 1. The summed E-state index contributed by atoms with van der Waals surface area (Å²) < 4.78 is 13.7. The molecule has 1 aliphatic rings. The zero-order chi connectivity index (χ0) is 13.3. The maximum absolute atomic E-state index is 13.7. The van der Waals surface area contributed by atoms with Crippen LogP contribution >= 0.6 is 0 Å². The maximum atomic E-state index is 13.7. The Kier molecular flexibility index (Phi) is 3.42. The molecule has 3 heteroatoms. The Morgan fingerprint density at radius 1 is 1.39 bits per heavy atom. The third-order valence-electron chi connectivity index (χ3n) is 4.16. The molecular weight excluding hydrogens is 231 g/mol. The minimum atomic E-state index is -0.790. The van der Waals surface area contributed by atoms with Crippen LogP contribution in [0.4, 0.5) is 4.39 Å². The van der Waals surface area contributed by atoms with E-state index in [0.717, 1.165) is 24.0 Å². The van der Waals surface area contributed by atoms with Crippen molar-refractivity contribution in [2.45, 2.75) is 51.4 Å². The lowest BCUT2D eigenvalue weighted by atomic mass is 9.76. The van der Waals surface area contributed by atoms with E-state index in [1.54, 1.807) is 13.0 Å². The van der Waals surface area contributed by atoms with Gasteiger partial charge in [-0.3, -0.25) is 4.79 Å². The normalized spacial score (nSPS) is 17.9. The number of benzene rings is 1. The molecule has 0 aromatic heterocycles. The van der Waals surface area contributed by atoms with Gasteiger partial charge in [-0.15, -0.1) is 0 Å². The number of carboxylic acid groups (broad SMARTS) is 1. The summed E-state index contributed by atoms with van der Waals surface area (Å²) in [5, 5.41) is 9.58. The Morgan fingerprint density at radius 2 is 2.00 bits per heavy atom. The van der Waals surface area contributed by atoms with Crippen molar-refractivity contribution in [3.05, 3.63) is 34.6 Å². The van der Waals surface area contributed by atoms with Crippen LogP contribution in [-0.4, -0.2) is 11.1 Å². The first-order valence-electron chi connectivity index (χ1n) is 6.54. The Morgan fingerprint density at radius 3 is 2.50 bits per heavy atom. The number of hydrogen-bond acceptors (Lipinski definition) is 1. The number of carbonyl (C=O) groups is 1. The highest BCUT2D eigenvalue weighted by atomic mass is 19.1. The number of carboxylic acids is 1. The van der Waals surface area contributed by atoms with E-state index in [-0.39, 0.29) is 5.82 Å². The smallest absolute Gasteiger partial charge is 0.314 e. The monoisotopic (exact) mass is 250 g/mol. The molecule has 0 heterocycles. The maximum Gasteiger partial charge on any atom is 0.314 e. The van der Waals surface area contributed by atoms with Gasteiger partial charge in [0, 0.05) is 0 Å². The highest BCUT2D eigenvalue weighted by Crippen LogP contribution is 2.43. The van der Waals surface area contributed by atoms with Crippen LogP contribution in [0.2, 0.25) is 0 Å². The summed E-state index contributed by atoms with van der Waals surface area (Å²) in [5.41, 5.74) is 1.39. The molecule has 2 nitrogen and oxygen atoms in total. The second kappa shape index (κ2) is 4.71. The van der Waals surface area contributed by atoms with Gasteiger partial charge in [-0.2, -0.15) is 0 Å². The molecule has 1 aromatic carbocycles. The Labute approximate surface area is 107 Å². The van der Waals surface area contributed by atoms with Gasteiger partial charge in [0.05, 0.1) is 5.41 Å². The molecule has 1 fully saturated rings. The molecular formula is C15H19FO2. The summed E-state index contributed by atoms with van der Waals surface area (Å²) in [5.74, 6) is -0.992. The highest BCUT2D eigenvalue weighted by molar-refractivity contribution is 5.82. The second-order valence-electron chi connectivity index (χ2n) is 5.21. The fourth-order valence-electron chi connectivity index (χ4n) is 3.08. The molecule has 0 amide bonds. The quantitative estimate of drug-likeness (QED) is 0.890. The Hall–Kier alpha value is -1.38. The number of rotatable bonds is 3. The van der Waals surface area contributed by atoms with Gasteiger partial charge < -0.3 is 5.11 Å². The third kappa shape index (κ3) is 1.92. The third-order valence-corrected chi connectivity index (χ3v) is 4.16. The largest absolute Gasteiger partial charge is 0.481 e. The van der Waals surface area contributed by atoms with E-state index in [0.29, 0.717) is 24.8 Å². The van der Waals surface area contributed by atoms with Gasteiger partial charge in [0.15, 0.2) is 0 Å². The van der Waals surface area contributed by atoms with Gasteiger partial charge in [-0.05, 0) is 48.9 Å². The van der Waals surface area contributed by atoms with E-state index in [9.17, 15) is 14.3 Å². The summed E-state index contributed by atoms with van der Waals surface area (Å²) in [7, 11) is 0. The molecule has 18 heavy (non-hydrogen) atoms. The fraction of sp³-hybridized carbons (Fsp3) is 0.533. The lowest BCUT2D eigenvalue weighted by molar-refractivity contribution is -0.143. The molecule has 1 saturated carbocycles. The first-order valence-corrected chi connectivity index (χ1v) is 6.54. The van der Waals surface area contributed by atoms with E-state index < -0.39 is 11.4 Å². The van der Waals surface area contributed by atoms with E-state index in [4.69, 9.17) is 0 Å². The molecule has 0 spiro atoms. The van der Waals surface area contributed by atoms with Crippen molar-refractivity contribution >= 4 is 5.97 Å². The Bertz CT molecular complexity index is 474. The number of aryl methyl sites for hydroxylation is 2. The number of hydrogen-bond donors (Lipinski definition) is 1. The van der Waals surface area contributed by atoms with Crippen molar-refractivity contribution < 1.29 is 14.3 Å².